The largest absolute Gasteiger partial charge is 0.364 e. The minimum atomic E-state index is 0.274. The zero-order chi connectivity index (χ0) is 11.4. The predicted octanol–water partition coefficient (Wildman–Crippen LogP) is 2.08. The van der Waals surface area contributed by atoms with Crippen molar-refractivity contribution < 1.29 is 0 Å². The number of nitrogens with one attached hydrogen (secondary N) is 2. The van der Waals surface area contributed by atoms with Crippen molar-refractivity contribution in [2.24, 2.45) is 0 Å². The first-order valence-electron chi connectivity index (χ1n) is 5.68. The maximum Gasteiger partial charge on any atom is 0.0791 e. The fourth-order valence-corrected chi connectivity index (χ4v) is 1.63. The second kappa shape index (κ2) is 4.99. The van der Waals surface area contributed by atoms with Crippen LogP contribution in [0.4, 0.5) is 0 Å². The van der Waals surface area contributed by atoms with Crippen LogP contribution in [0, 0.1) is 0 Å². The molecule has 1 atom stereocenters. The number of hydrogen-bond donors (Lipinski definition) is 2. The van der Waals surface area contributed by atoms with Crippen LogP contribution in [0.2, 0.25) is 0 Å². The molecule has 0 aliphatic heterocycles. The van der Waals surface area contributed by atoms with Gasteiger partial charge in [-0.3, -0.25) is 4.68 Å². The lowest BCUT2D eigenvalue weighted by Gasteiger charge is -2.10. The summed E-state index contributed by atoms with van der Waals surface area (Å²) in [5.74, 6) is 0. The van der Waals surface area contributed by atoms with Gasteiger partial charge in [-0.05, 0) is 32.0 Å². The zero-order valence-electron chi connectivity index (χ0n) is 9.77. The first kappa shape index (κ1) is 11.0. The van der Waals surface area contributed by atoms with Gasteiger partial charge in [0.25, 0.3) is 0 Å². The Labute approximate surface area is 95.7 Å². The van der Waals surface area contributed by atoms with Crippen molar-refractivity contribution in [3.05, 3.63) is 42.0 Å². The molecule has 4 heteroatoms. The molecule has 0 amide bonds. The van der Waals surface area contributed by atoms with Crippen molar-refractivity contribution in [1.29, 1.82) is 0 Å². The fraction of sp³-hybridized carbons (Fsp3) is 0.417. The maximum absolute atomic E-state index is 4.47. The van der Waals surface area contributed by atoms with E-state index in [1.807, 2.05) is 23.1 Å². The lowest BCUT2D eigenvalue weighted by Crippen LogP contribution is -2.19. The number of aromatic amines is 1. The Morgan fingerprint density at radius 2 is 2.38 bits per heavy atom. The molecule has 2 aromatic heterocycles. The van der Waals surface area contributed by atoms with Crippen LogP contribution in [0.5, 0.6) is 0 Å². The normalized spacial score (nSPS) is 12.9. The second-order valence-corrected chi connectivity index (χ2v) is 3.89. The highest BCUT2D eigenvalue weighted by atomic mass is 15.3. The maximum atomic E-state index is 4.47. The van der Waals surface area contributed by atoms with Crippen LogP contribution in [-0.4, -0.2) is 14.8 Å². The van der Waals surface area contributed by atoms with Gasteiger partial charge in [-0.1, -0.05) is 0 Å². The lowest BCUT2D eigenvalue weighted by atomic mass is 10.2. The van der Waals surface area contributed by atoms with Gasteiger partial charge in [0.1, 0.15) is 0 Å². The van der Waals surface area contributed by atoms with E-state index in [2.05, 4.69) is 41.4 Å². The molecule has 4 nitrogen and oxygen atoms in total. The Morgan fingerprint density at radius 3 is 3.00 bits per heavy atom. The molecule has 2 heterocycles. The zero-order valence-corrected chi connectivity index (χ0v) is 9.77. The summed E-state index contributed by atoms with van der Waals surface area (Å²) in [5, 5.41) is 7.90. The SMILES string of the molecule is CCn1ccc(C(C)NCc2ccc[nH]2)n1. The van der Waals surface area contributed by atoms with Crippen LogP contribution in [-0.2, 0) is 13.1 Å². The molecule has 0 bridgehead atoms. The topological polar surface area (TPSA) is 45.6 Å². The highest BCUT2D eigenvalue weighted by molar-refractivity contribution is 5.07. The molecule has 0 spiro atoms. The summed E-state index contributed by atoms with van der Waals surface area (Å²) in [7, 11) is 0. The van der Waals surface area contributed by atoms with Crippen LogP contribution < -0.4 is 5.32 Å². The average Bonchev–Trinajstić information content (AvgIpc) is 2.96. The van der Waals surface area contributed by atoms with Crippen molar-refractivity contribution in [3.63, 3.8) is 0 Å². The Kier molecular flexibility index (Phi) is 3.41. The second-order valence-electron chi connectivity index (χ2n) is 3.89. The van der Waals surface area contributed by atoms with Crippen molar-refractivity contribution in [3.8, 4) is 0 Å². The fourth-order valence-electron chi connectivity index (χ4n) is 1.63. The van der Waals surface area contributed by atoms with E-state index in [4.69, 9.17) is 0 Å². The third-order valence-electron chi connectivity index (χ3n) is 2.69. The molecule has 0 aromatic carbocycles. The molecule has 2 aromatic rings. The molecule has 2 N–H and O–H groups in total. The van der Waals surface area contributed by atoms with Crippen molar-refractivity contribution in [2.45, 2.75) is 33.0 Å². The summed E-state index contributed by atoms with van der Waals surface area (Å²) in [4.78, 5) is 3.17. The first-order chi connectivity index (χ1) is 7.79. The molecular formula is C12H18N4. The van der Waals surface area contributed by atoms with Crippen molar-refractivity contribution in [1.82, 2.24) is 20.1 Å². The Bertz CT molecular complexity index is 416. The average molecular weight is 218 g/mol. The van der Waals surface area contributed by atoms with E-state index >= 15 is 0 Å². The van der Waals surface area contributed by atoms with E-state index < -0.39 is 0 Å². The molecule has 0 radical (unpaired) electrons. The van der Waals surface area contributed by atoms with Gasteiger partial charge in [-0.2, -0.15) is 5.10 Å². The highest BCUT2D eigenvalue weighted by Gasteiger charge is 2.07. The molecule has 0 saturated heterocycles. The smallest absolute Gasteiger partial charge is 0.0791 e. The quantitative estimate of drug-likeness (QED) is 0.807. The Hall–Kier alpha value is -1.55. The molecule has 0 saturated carbocycles. The van der Waals surface area contributed by atoms with Crippen LogP contribution in [0.25, 0.3) is 0 Å². The first-order valence-corrected chi connectivity index (χ1v) is 5.68. The molecule has 86 valence electrons. The van der Waals surface area contributed by atoms with Crippen LogP contribution in [0.3, 0.4) is 0 Å². The van der Waals surface area contributed by atoms with Gasteiger partial charge in [-0.25, -0.2) is 0 Å². The van der Waals surface area contributed by atoms with Gasteiger partial charge in [0.15, 0.2) is 0 Å². The van der Waals surface area contributed by atoms with E-state index in [9.17, 15) is 0 Å². The van der Waals surface area contributed by atoms with E-state index in [0.717, 1.165) is 18.8 Å². The van der Waals surface area contributed by atoms with Crippen LogP contribution in [0.1, 0.15) is 31.3 Å². The minimum absolute atomic E-state index is 0.274. The molecule has 0 fully saturated rings. The molecule has 0 aliphatic rings. The van der Waals surface area contributed by atoms with E-state index in [-0.39, 0.29) is 6.04 Å². The van der Waals surface area contributed by atoms with Gasteiger partial charge < -0.3 is 10.3 Å². The molecular weight excluding hydrogens is 200 g/mol. The Balaban J connectivity index is 1.90. The van der Waals surface area contributed by atoms with Gasteiger partial charge in [0, 0.05) is 37.2 Å². The number of H-pyrrole nitrogens is 1. The number of rotatable bonds is 5. The van der Waals surface area contributed by atoms with E-state index in [0.29, 0.717) is 0 Å². The molecule has 1 unspecified atom stereocenters. The Morgan fingerprint density at radius 1 is 1.50 bits per heavy atom. The van der Waals surface area contributed by atoms with Gasteiger partial charge in [0.2, 0.25) is 0 Å². The number of aryl methyl sites for hydroxylation is 1. The lowest BCUT2D eigenvalue weighted by molar-refractivity contribution is 0.539. The summed E-state index contributed by atoms with van der Waals surface area (Å²) < 4.78 is 1.95. The highest BCUT2D eigenvalue weighted by Crippen LogP contribution is 2.09. The summed E-state index contributed by atoms with van der Waals surface area (Å²) in [6.45, 7) is 5.98. The van der Waals surface area contributed by atoms with Crippen molar-refractivity contribution in [2.75, 3.05) is 0 Å². The molecule has 16 heavy (non-hydrogen) atoms. The van der Waals surface area contributed by atoms with Gasteiger partial charge in [-0.15, -0.1) is 0 Å². The predicted molar refractivity (Wildman–Crippen MR) is 63.9 cm³/mol. The van der Waals surface area contributed by atoms with Crippen LogP contribution >= 0.6 is 0 Å². The molecule has 2 rings (SSSR count). The van der Waals surface area contributed by atoms with E-state index in [1.165, 1.54) is 5.69 Å². The van der Waals surface area contributed by atoms with Gasteiger partial charge in [0.05, 0.1) is 5.69 Å². The number of hydrogen-bond acceptors (Lipinski definition) is 2. The summed E-state index contributed by atoms with van der Waals surface area (Å²) >= 11 is 0. The number of nitrogens with zero attached hydrogens (tertiary/aromatic N) is 2. The summed E-state index contributed by atoms with van der Waals surface area (Å²) in [6.07, 6.45) is 3.95. The number of aromatic nitrogens is 3. The minimum Gasteiger partial charge on any atom is -0.364 e. The third kappa shape index (κ3) is 2.52. The third-order valence-corrected chi connectivity index (χ3v) is 2.69. The monoisotopic (exact) mass is 218 g/mol. The van der Waals surface area contributed by atoms with E-state index in [1.54, 1.807) is 0 Å². The summed E-state index contributed by atoms with van der Waals surface area (Å²) in [5.41, 5.74) is 2.29. The van der Waals surface area contributed by atoms with Gasteiger partial charge >= 0.3 is 0 Å². The standard InChI is InChI=1S/C12H18N4/c1-3-16-8-6-12(15-16)10(2)14-9-11-5-4-7-13-11/h4-8,10,13-14H,3,9H2,1-2H3. The summed E-state index contributed by atoms with van der Waals surface area (Å²) in [6, 6.07) is 6.42. The van der Waals surface area contributed by atoms with Crippen molar-refractivity contribution >= 4 is 0 Å². The molecule has 0 aliphatic carbocycles. The van der Waals surface area contributed by atoms with Crippen LogP contribution in [0.15, 0.2) is 30.6 Å².